The number of methoxy groups -OCH3 is 3. The number of rotatable bonds is 18. The molecule has 0 heterocycles. The lowest BCUT2D eigenvalue weighted by molar-refractivity contribution is -0.380. The van der Waals surface area contributed by atoms with Crippen LogP contribution in [0.4, 0.5) is 4.39 Å². The molecule has 0 saturated carbocycles. The molecule has 1 aromatic rings. The molecule has 0 aliphatic carbocycles. The third-order valence-corrected chi connectivity index (χ3v) is 5.92. The SMILES string of the molecule is CCCCCCCCC(CCCCCCc1cccc(F)c1)C(OC)(OC)OC. The van der Waals surface area contributed by atoms with Gasteiger partial charge in [-0.05, 0) is 43.4 Å². The van der Waals surface area contributed by atoms with E-state index in [1.807, 2.05) is 6.07 Å². The van der Waals surface area contributed by atoms with Crippen molar-refractivity contribution in [2.75, 3.05) is 21.3 Å². The molecule has 4 heteroatoms. The second-order valence-corrected chi connectivity index (χ2v) is 8.05. The van der Waals surface area contributed by atoms with Crippen LogP contribution in [0.25, 0.3) is 0 Å². The van der Waals surface area contributed by atoms with Crippen molar-refractivity contribution in [1.82, 2.24) is 0 Å². The minimum Gasteiger partial charge on any atom is -0.331 e. The van der Waals surface area contributed by atoms with E-state index in [-0.39, 0.29) is 11.7 Å². The second kappa shape index (κ2) is 15.8. The van der Waals surface area contributed by atoms with E-state index in [0.717, 1.165) is 50.5 Å². The van der Waals surface area contributed by atoms with E-state index < -0.39 is 5.97 Å². The summed E-state index contributed by atoms with van der Waals surface area (Å²) >= 11 is 0. The van der Waals surface area contributed by atoms with Crippen LogP contribution in [0, 0.1) is 11.7 Å². The van der Waals surface area contributed by atoms with Gasteiger partial charge in [0.15, 0.2) is 0 Å². The van der Waals surface area contributed by atoms with Crippen LogP contribution in [0.1, 0.15) is 89.5 Å². The third-order valence-electron chi connectivity index (χ3n) is 5.92. The Hall–Kier alpha value is -0.970. The van der Waals surface area contributed by atoms with E-state index in [9.17, 15) is 4.39 Å². The fraction of sp³-hybridized carbons (Fsp3) is 0.760. The van der Waals surface area contributed by atoms with Crippen molar-refractivity contribution >= 4 is 0 Å². The summed E-state index contributed by atoms with van der Waals surface area (Å²) in [6, 6.07) is 6.93. The monoisotopic (exact) mass is 410 g/mol. The molecular formula is C25H43FO3. The molecule has 1 atom stereocenters. The van der Waals surface area contributed by atoms with Gasteiger partial charge in [0, 0.05) is 27.2 Å². The predicted octanol–water partition coefficient (Wildman–Crippen LogP) is 7.28. The van der Waals surface area contributed by atoms with Gasteiger partial charge in [-0.2, -0.15) is 0 Å². The Labute approximate surface area is 178 Å². The van der Waals surface area contributed by atoms with Gasteiger partial charge in [-0.25, -0.2) is 4.39 Å². The highest BCUT2D eigenvalue weighted by molar-refractivity contribution is 5.16. The van der Waals surface area contributed by atoms with Crippen LogP contribution in [-0.4, -0.2) is 27.3 Å². The van der Waals surface area contributed by atoms with Gasteiger partial charge in [-0.1, -0.05) is 76.8 Å². The standard InChI is InChI=1S/C25H43FO3/c1-5-6-7-8-9-13-18-23(25(27-2,28-3)29-4)19-14-11-10-12-16-22-17-15-20-24(26)21-22/h15,17,20-21,23H,5-14,16,18-19H2,1-4H3. The first-order chi connectivity index (χ1) is 14.1. The molecule has 0 bridgehead atoms. The minimum atomic E-state index is -0.940. The highest BCUT2D eigenvalue weighted by atomic mass is 19.1. The quantitative estimate of drug-likeness (QED) is 0.188. The van der Waals surface area contributed by atoms with Crippen LogP contribution in [0.5, 0.6) is 0 Å². The van der Waals surface area contributed by atoms with Crippen LogP contribution in [-0.2, 0) is 20.6 Å². The lowest BCUT2D eigenvalue weighted by Gasteiger charge is -2.36. The van der Waals surface area contributed by atoms with Crippen LogP contribution in [0.3, 0.4) is 0 Å². The van der Waals surface area contributed by atoms with Crippen LogP contribution in [0.2, 0.25) is 0 Å². The first kappa shape index (κ1) is 26.1. The fourth-order valence-corrected chi connectivity index (χ4v) is 4.18. The summed E-state index contributed by atoms with van der Waals surface area (Å²) in [5.74, 6) is -0.850. The largest absolute Gasteiger partial charge is 0.331 e. The molecule has 3 nitrogen and oxygen atoms in total. The van der Waals surface area contributed by atoms with Gasteiger partial charge in [-0.15, -0.1) is 0 Å². The third kappa shape index (κ3) is 10.1. The molecule has 0 aliphatic heterocycles. The van der Waals surface area contributed by atoms with E-state index >= 15 is 0 Å². The number of halogens is 1. The molecule has 0 saturated heterocycles. The first-order valence-corrected chi connectivity index (χ1v) is 11.5. The molecule has 0 aliphatic rings. The molecule has 0 spiro atoms. The summed E-state index contributed by atoms with van der Waals surface area (Å²) in [5.41, 5.74) is 1.09. The molecular weight excluding hydrogens is 367 g/mol. The van der Waals surface area contributed by atoms with Crippen molar-refractivity contribution in [2.45, 2.75) is 96.4 Å². The van der Waals surface area contributed by atoms with Gasteiger partial charge < -0.3 is 14.2 Å². The van der Waals surface area contributed by atoms with Crippen LogP contribution < -0.4 is 0 Å². The van der Waals surface area contributed by atoms with E-state index in [2.05, 4.69) is 6.92 Å². The van der Waals surface area contributed by atoms with Gasteiger partial charge in [0.2, 0.25) is 0 Å². The van der Waals surface area contributed by atoms with E-state index in [1.165, 1.54) is 44.6 Å². The summed E-state index contributed by atoms with van der Waals surface area (Å²) in [4.78, 5) is 0. The zero-order chi connectivity index (χ0) is 21.4. The molecule has 0 aromatic heterocycles. The Kier molecular flexibility index (Phi) is 14.2. The van der Waals surface area contributed by atoms with Crippen molar-refractivity contribution in [1.29, 1.82) is 0 Å². The Morgan fingerprint density at radius 2 is 1.34 bits per heavy atom. The topological polar surface area (TPSA) is 27.7 Å². The van der Waals surface area contributed by atoms with Gasteiger partial charge in [0.05, 0.1) is 0 Å². The first-order valence-electron chi connectivity index (χ1n) is 11.5. The number of hydrogen-bond donors (Lipinski definition) is 0. The Balaban J connectivity index is 2.37. The van der Waals surface area contributed by atoms with Gasteiger partial charge in [0.25, 0.3) is 5.97 Å². The van der Waals surface area contributed by atoms with Crippen LogP contribution >= 0.6 is 0 Å². The van der Waals surface area contributed by atoms with Crippen molar-refractivity contribution in [3.8, 4) is 0 Å². The summed E-state index contributed by atoms with van der Waals surface area (Å²) in [6.45, 7) is 2.25. The van der Waals surface area contributed by atoms with E-state index in [0.29, 0.717) is 0 Å². The summed E-state index contributed by atoms with van der Waals surface area (Å²) in [7, 11) is 5.00. The Morgan fingerprint density at radius 3 is 1.90 bits per heavy atom. The number of unbranched alkanes of at least 4 members (excludes halogenated alkanes) is 8. The Morgan fingerprint density at radius 1 is 0.793 bits per heavy atom. The smallest absolute Gasteiger partial charge is 0.285 e. The number of hydrogen-bond acceptors (Lipinski definition) is 3. The average Bonchev–Trinajstić information content (AvgIpc) is 2.74. The normalized spacial score (nSPS) is 13.0. The highest BCUT2D eigenvalue weighted by Gasteiger charge is 2.39. The summed E-state index contributed by atoms with van der Waals surface area (Å²) in [5, 5.41) is 0. The molecule has 0 N–H and O–H groups in total. The van der Waals surface area contributed by atoms with Crippen molar-refractivity contribution in [3.63, 3.8) is 0 Å². The molecule has 1 unspecified atom stereocenters. The lowest BCUT2D eigenvalue weighted by Crippen LogP contribution is -2.44. The van der Waals surface area contributed by atoms with E-state index in [1.54, 1.807) is 33.5 Å². The fourth-order valence-electron chi connectivity index (χ4n) is 4.18. The molecule has 0 radical (unpaired) electrons. The van der Waals surface area contributed by atoms with Crippen molar-refractivity contribution in [2.24, 2.45) is 5.92 Å². The zero-order valence-electron chi connectivity index (χ0n) is 19.2. The minimum absolute atomic E-state index is 0.143. The van der Waals surface area contributed by atoms with Crippen molar-refractivity contribution < 1.29 is 18.6 Å². The molecule has 0 amide bonds. The second-order valence-electron chi connectivity index (χ2n) is 8.05. The maximum atomic E-state index is 13.3. The molecule has 0 fully saturated rings. The number of ether oxygens (including phenoxy) is 3. The predicted molar refractivity (Wildman–Crippen MR) is 118 cm³/mol. The summed E-state index contributed by atoms with van der Waals surface area (Å²) in [6.07, 6.45) is 15.3. The molecule has 168 valence electrons. The zero-order valence-corrected chi connectivity index (χ0v) is 19.2. The molecule has 1 aromatic carbocycles. The number of aryl methyl sites for hydroxylation is 1. The molecule has 29 heavy (non-hydrogen) atoms. The van der Waals surface area contributed by atoms with Gasteiger partial charge in [0.1, 0.15) is 5.82 Å². The number of benzene rings is 1. The molecule has 1 rings (SSSR count). The maximum Gasteiger partial charge on any atom is 0.285 e. The van der Waals surface area contributed by atoms with Gasteiger partial charge >= 0.3 is 0 Å². The van der Waals surface area contributed by atoms with E-state index in [4.69, 9.17) is 14.2 Å². The lowest BCUT2D eigenvalue weighted by atomic mass is 9.91. The Bertz CT molecular complexity index is 508. The maximum absolute atomic E-state index is 13.3. The highest BCUT2D eigenvalue weighted by Crippen LogP contribution is 2.33. The van der Waals surface area contributed by atoms with Crippen LogP contribution in [0.15, 0.2) is 24.3 Å². The summed E-state index contributed by atoms with van der Waals surface area (Å²) < 4.78 is 30.2. The average molecular weight is 411 g/mol. The van der Waals surface area contributed by atoms with Gasteiger partial charge in [-0.3, -0.25) is 0 Å². The van der Waals surface area contributed by atoms with Crippen molar-refractivity contribution in [3.05, 3.63) is 35.6 Å².